The van der Waals surface area contributed by atoms with Gasteiger partial charge in [-0.2, -0.15) is 8.42 Å². The van der Waals surface area contributed by atoms with Crippen LogP contribution in [0.5, 0.6) is 0 Å². The second-order valence-corrected chi connectivity index (χ2v) is 5.56. The summed E-state index contributed by atoms with van der Waals surface area (Å²) in [6.07, 6.45) is 1.41. The molecule has 0 N–H and O–H groups in total. The highest BCUT2D eigenvalue weighted by Gasteiger charge is 2.28. The first-order valence-electron chi connectivity index (χ1n) is 5.84. The van der Waals surface area contributed by atoms with E-state index in [1.165, 1.54) is 18.3 Å². The lowest BCUT2D eigenvalue weighted by atomic mass is 10.3. The maximum atomic E-state index is 12.2. The summed E-state index contributed by atoms with van der Waals surface area (Å²) in [6, 6.07) is 7.99. The fourth-order valence-corrected chi connectivity index (χ4v) is 2.76. The van der Waals surface area contributed by atoms with Crippen molar-refractivity contribution >= 4 is 27.0 Å². The second-order valence-electron chi connectivity index (χ2n) is 4.06. The molecule has 0 bridgehead atoms. The summed E-state index contributed by atoms with van der Waals surface area (Å²) in [5, 5.41) is 18.1. The van der Waals surface area contributed by atoms with Crippen LogP contribution >= 0.6 is 0 Å². The molecule has 0 atom stereocenters. The maximum Gasteiger partial charge on any atom is 0.365 e. The van der Waals surface area contributed by atoms with Gasteiger partial charge < -0.3 is 0 Å². The summed E-state index contributed by atoms with van der Waals surface area (Å²) >= 11 is 0. The quantitative estimate of drug-likeness (QED) is 0.503. The standard InChI is InChI=1S/C11H7N5O5S/c17-16(18)9-5-1-2-6-10(9)22(19,20)21-15-11-8(13-14-15)4-3-7-12-11/h1-7H. The summed E-state index contributed by atoms with van der Waals surface area (Å²) in [5.41, 5.74) is -0.204. The van der Waals surface area contributed by atoms with Gasteiger partial charge in [-0.25, -0.2) is 4.98 Å². The number of nitro benzene ring substituents is 1. The van der Waals surface area contributed by atoms with Crippen LogP contribution in [-0.2, 0) is 10.1 Å². The van der Waals surface area contributed by atoms with Crippen LogP contribution in [0.1, 0.15) is 0 Å². The van der Waals surface area contributed by atoms with Gasteiger partial charge in [0, 0.05) is 12.3 Å². The molecular weight excluding hydrogens is 314 g/mol. The molecule has 2 aromatic heterocycles. The van der Waals surface area contributed by atoms with E-state index in [1.807, 2.05) is 0 Å². The minimum atomic E-state index is -4.47. The normalized spacial score (nSPS) is 11.5. The third kappa shape index (κ3) is 2.33. The molecule has 0 fully saturated rings. The van der Waals surface area contributed by atoms with Crippen LogP contribution in [0.15, 0.2) is 47.5 Å². The van der Waals surface area contributed by atoms with Crippen LogP contribution < -0.4 is 4.28 Å². The third-order valence-electron chi connectivity index (χ3n) is 2.68. The number of aromatic nitrogens is 4. The molecule has 0 radical (unpaired) electrons. The fourth-order valence-electron chi connectivity index (χ4n) is 1.75. The Morgan fingerprint density at radius 1 is 1.18 bits per heavy atom. The summed E-state index contributed by atoms with van der Waals surface area (Å²) in [4.78, 5) is 14.0. The molecule has 112 valence electrons. The van der Waals surface area contributed by atoms with Crippen LogP contribution in [0.2, 0.25) is 0 Å². The Hall–Kier alpha value is -3.08. The lowest BCUT2D eigenvalue weighted by Gasteiger charge is -2.05. The highest BCUT2D eigenvalue weighted by Crippen LogP contribution is 2.23. The number of benzene rings is 1. The van der Waals surface area contributed by atoms with Crippen LogP contribution in [0.25, 0.3) is 11.2 Å². The zero-order valence-electron chi connectivity index (χ0n) is 10.7. The molecule has 2 heterocycles. The van der Waals surface area contributed by atoms with Gasteiger partial charge in [-0.1, -0.05) is 12.1 Å². The Morgan fingerprint density at radius 2 is 1.95 bits per heavy atom. The Kier molecular flexibility index (Phi) is 3.18. The average molecular weight is 321 g/mol. The number of fused-ring (bicyclic) bond motifs is 1. The molecule has 0 aliphatic heterocycles. The van der Waals surface area contributed by atoms with Crippen LogP contribution in [0.4, 0.5) is 5.69 Å². The van der Waals surface area contributed by atoms with Gasteiger partial charge in [0.25, 0.3) is 5.69 Å². The molecule has 0 unspecified atom stereocenters. The van der Waals surface area contributed by atoms with E-state index >= 15 is 0 Å². The van der Waals surface area contributed by atoms with Gasteiger partial charge in [0.1, 0.15) is 5.52 Å². The van der Waals surface area contributed by atoms with Crippen LogP contribution in [-0.4, -0.2) is 33.5 Å². The summed E-state index contributed by atoms with van der Waals surface area (Å²) < 4.78 is 29.2. The van der Waals surface area contributed by atoms with E-state index in [0.717, 1.165) is 12.1 Å². The molecule has 1 aromatic carbocycles. The Balaban J connectivity index is 2.06. The molecule has 0 spiro atoms. The topological polar surface area (TPSA) is 130 Å². The summed E-state index contributed by atoms with van der Waals surface area (Å²) in [7, 11) is -4.47. The Bertz CT molecular complexity index is 968. The summed E-state index contributed by atoms with van der Waals surface area (Å²) in [5.74, 6) is 0. The molecular formula is C11H7N5O5S. The van der Waals surface area contributed by atoms with E-state index in [0.29, 0.717) is 10.4 Å². The predicted octanol–water partition coefficient (Wildman–Crippen LogP) is 0.552. The lowest BCUT2D eigenvalue weighted by molar-refractivity contribution is -0.387. The first kappa shape index (κ1) is 13.9. The molecule has 22 heavy (non-hydrogen) atoms. The average Bonchev–Trinajstić information content (AvgIpc) is 2.90. The highest BCUT2D eigenvalue weighted by molar-refractivity contribution is 7.87. The van der Waals surface area contributed by atoms with Gasteiger partial charge in [0.15, 0.2) is 4.90 Å². The smallest absolute Gasteiger partial charge is 0.262 e. The minimum Gasteiger partial charge on any atom is -0.262 e. The van der Waals surface area contributed by atoms with Crippen molar-refractivity contribution in [3.8, 4) is 0 Å². The number of nitro groups is 1. The SMILES string of the molecule is O=[N+]([O-])c1ccccc1S(=O)(=O)On1nnc2cccnc21. The van der Waals surface area contributed by atoms with E-state index in [4.69, 9.17) is 4.28 Å². The van der Waals surface area contributed by atoms with Crippen molar-refractivity contribution in [3.05, 3.63) is 52.7 Å². The van der Waals surface area contributed by atoms with Gasteiger partial charge in [-0.05, 0) is 28.3 Å². The highest BCUT2D eigenvalue weighted by atomic mass is 32.2. The predicted molar refractivity (Wildman–Crippen MR) is 72.2 cm³/mol. The van der Waals surface area contributed by atoms with Crippen molar-refractivity contribution in [2.75, 3.05) is 0 Å². The molecule has 0 saturated heterocycles. The van der Waals surface area contributed by atoms with Crippen LogP contribution in [0.3, 0.4) is 0 Å². The van der Waals surface area contributed by atoms with Gasteiger partial charge in [-0.3, -0.25) is 14.4 Å². The number of pyridine rings is 1. The van der Waals surface area contributed by atoms with Crippen molar-refractivity contribution in [2.45, 2.75) is 4.90 Å². The molecule has 0 saturated carbocycles. The maximum absolute atomic E-state index is 12.2. The molecule has 0 aliphatic rings. The van der Waals surface area contributed by atoms with Gasteiger partial charge in [0.05, 0.1) is 4.92 Å². The largest absolute Gasteiger partial charge is 0.365 e. The van der Waals surface area contributed by atoms with Crippen molar-refractivity contribution in [2.24, 2.45) is 0 Å². The number of hydrogen-bond acceptors (Lipinski definition) is 8. The summed E-state index contributed by atoms with van der Waals surface area (Å²) in [6.45, 7) is 0. The first-order valence-corrected chi connectivity index (χ1v) is 7.25. The van der Waals surface area contributed by atoms with Gasteiger partial charge in [-0.15, -0.1) is 5.10 Å². The van der Waals surface area contributed by atoms with Crippen LogP contribution in [0, 0.1) is 10.1 Å². The second kappa shape index (κ2) is 5.04. The van der Waals surface area contributed by atoms with E-state index < -0.39 is 25.6 Å². The molecule has 0 aliphatic carbocycles. The zero-order chi connectivity index (χ0) is 15.7. The van der Waals surface area contributed by atoms with E-state index in [9.17, 15) is 18.5 Å². The minimum absolute atomic E-state index is 0.0738. The van der Waals surface area contributed by atoms with E-state index in [-0.39, 0.29) is 5.65 Å². The number of rotatable bonds is 4. The Labute approximate surface area is 123 Å². The first-order chi connectivity index (χ1) is 10.5. The van der Waals surface area contributed by atoms with Gasteiger partial charge in [0.2, 0.25) is 5.65 Å². The zero-order valence-corrected chi connectivity index (χ0v) is 11.5. The van der Waals surface area contributed by atoms with E-state index in [2.05, 4.69) is 15.3 Å². The molecule has 3 aromatic rings. The molecule has 0 amide bonds. The Morgan fingerprint density at radius 3 is 2.73 bits per heavy atom. The van der Waals surface area contributed by atoms with Crippen molar-refractivity contribution in [3.63, 3.8) is 0 Å². The number of nitrogens with zero attached hydrogens (tertiary/aromatic N) is 5. The van der Waals surface area contributed by atoms with Gasteiger partial charge >= 0.3 is 10.1 Å². The molecule has 11 heteroatoms. The molecule has 3 rings (SSSR count). The fraction of sp³-hybridized carbons (Fsp3) is 0. The molecule has 10 nitrogen and oxygen atoms in total. The van der Waals surface area contributed by atoms with Crippen molar-refractivity contribution < 1.29 is 17.6 Å². The van der Waals surface area contributed by atoms with Crippen molar-refractivity contribution in [1.82, 2.24) is 20.1 Å². The monoisotopic (exact) mass is 321 g/mol. The lowest BCUT2D eigenvalue weighted by Crippen LogP contribution is -2.22. The van der Waals surface area contributed by atoms with Crippen molar-refractivity contribution in [1.29, 1.82) is 0 Å². The van der Waals surface area contributed by atoms with E-state index in [1.54, 1.807) is 12.1 Å². The third-order valence-corrected chi connectivity index (χ3v) is 3.90. The number of hydrogen-bond donors (Lipinski definition) is 0. The number of para-hydroxylation sites is 1.